The lowest BCUT2D eigenvalue weighted by molar-refractivity contribution is -0.144. The quantitative estimate of drug-likeness (QED) is 0.269. The molecule has 3 nitrogen and oxygen atoms in total. The van der Waals surface area contributed by atoms with Crippen molar-refractivity contribution in [3.05, 3.63) is 43.0 Å². The normalized spacial score (nSPS) is 11.7. The van der Waals surface area contributed by atoms with Crippen LogP contribution in [0.1, 0.15) is 64.7 Å². The van der Waals surface area contributed by atoms with E-state index in [1.807, 2.05) is 43.3 Å². The fraction of sp³-hybridized carbons (Fsp3) is 0.571. The monoisotopic (exact) mass is 331 g/mol. The Balaban J connectivity index is 2.24. The molecule has 0 amide bonds. The molecule has 0 saturated carbocycles. The number of ether oxygens (including phenoxy) is 1. The van der Waals surface area contributed by atoms with Gasteiger partial charge in [0, 0.05) is 5.69 Å². The van der Waals surface area contributed by atoms with Gasteiger partial charge in [-0.1, -0.05) is 62.8 Å². The summed E-state index contributed by atoms with van der Waals surface area (Å²) in [7, 11) is 0. The maximum Gasteiger partial charge on any atom is 0.328 e. The molecule has 1 aromatic carbocycles. The van der Waals surface area contributed by atoms with Crippen LogP contribution in [-0.2, 0) is 9.53 Å². The molecule has 0 aliphatic heterocycles. The maximum absolute atomic E-state index is 12.1. The van der Waals surface area contributed by atoms with Crippen molar-refractivity contribution in [1.82, 2.24) is 0 Å². The van der Waals surface area contributed by atoms with Gasteiger partial charge in [0.1, 0.15) is 6.04 Å². The van der Waals surface area contributed by atoms with E-state index >= 15 is 0 Å². The van der Waals surface area contributed by atoms with Crippen LogP contribution in [0.25, 0.3) is 0 Å². The number of anilines is 1. The van der Waals surface area contributed by atoms with Crippen molar-refractivity contribution in [3.8, 4) is 0 Å². The molecule has 0 spiro atoms. The van der Waals surface area contributed by atoms with E-state index in [2.05, 4.69) is 11.9 Å². The molecule has 0 radical (unpaired) electrons. The number of rotatable bonds is 14. The molecule has 134 valence electrons. The molecule has 0 saturated heterocycles. The smallest absolute Gasteiger partial charge is 0.328 e. The van der Waals surface area contributed by atoms with Gasteiger partial charge in [0.05, 0.1) is 6.61 Å². The summed E-state index contributed by atoms with van der Waals surface area (Å²) in [6, 6.07) is 9.62. The first-order chi connectivity index (χ1) is 11.8. The van der Waals surface area contributed by atoms with E-state index in [0.717, 1.165) is 24.9 Å². The fourth-order valence-electron chi connectivity index (χ4n) is 2.75. The topological polar surface area (TPSA) is 38.3 Å². The van der Waals surface area contributed by atoms with E-state index in [1.165, 1.54) is 38.5 Å². The number of unbranched alkanes of at least 4 members (excludes halogenated alkanes) is 7. The molecule has 1 atom stereocenters. The standard InChI is InChI=1S/C21H33NO2/c1-3-5-6-7-8-9-10-11-15-18-20(21(23)24-4-2)22-19-16-13-12-14-17-19/h3,12-14,16-17,20,22H,1,4-11,15,18H2,2H3. The number of carbonyl (C=O) groups excluding carboxylic acids is 1. The van der Waals surface area contributed by atoms with Gasteiger partial charge in [0.15, 0.2) is 0 Å². The largest absolute Gasteiger partial charge is 0.464 e. The van der Waals surface area contributed by atoms with Crippen LogP contribution in [0, 0.1) is 0 Å². The molecule has 1 unspecified atom stereocenters. The summed E-state index contributed by atoms with van der Waals surface area (Å²) in [4.78, 5) is 12.1. The van der Waals surface area contributed by atoms with Crippen LogP contribution < -0.4 is 5.32 Å². The van der Waals surface area contributed by atoms with Gasteiger partial charge in [-0.3, -0.25) is 0 Å². The van der Waals surface area contributed by atoms with Gasteiger partial charge in [-0.15, -0.1) is 6.58 Å². The highest BCUT2D eigenvalue weighted by Crippen LogP contribution is 2.15. The first-order valence-electron chi connectivity index (χ1n) is 9.37. The van der Waals surface area contributed by atoms with E-state index in [-0.39, 0.29) is 12.0 Å². The summed E-state index contributed by atoms with van der Waals surface area (Å²) in [5.41, 5.74) is 0.970. The lowest BCUT2D eigenvalue weighted by Gasteiger charge is -2.18. The summed E-state index contributed by atoms with van der Waals surface area (Å²) >= 11 is 0. The van der Waals surface area contributed by atoms with Crippen molar-refractivity contribution in [2.24, 2.45) is 0 Å². The van der Waals surface area contributed by atoms with Gasteiger partial charge < -0.3 is 10.1 Å². The van der Waals surface area contributed by atoms with Gasteiger partial charge >= 0.3 is 5.97 Å². The third-order valence-electron chi connectivity index (χ3n) is 4.09. The Bertz CT molecular complexity index is 444. The van der Waals surface area contributed by atoms with Crippen molar-refractivity contribution in [3.63, 3.8) is 0 Å². The van der Waals surface area contributed by atoms with Crippen molar-refractivity contribution in [2.45, 2.75) is 70.8 Å². The molecular weight excluding hydrogens is 298 g/mol. The van der Waals surface area contributed by atoms with Gasteiger partial charge in [-0.2, -0.15) is 0 Å². The molecule has 1 aromatic rings. The zero-order valence-electron chi connectivity index (χ0n) is 15.1. The first-order valence-corrected chi connectivity index (χ1v) is 9.37. The summed E-state index contributed by atoms with van der Waals surface area (Å²) in [6.07, 6.45) is 12.6. The molecule has 24 heavy (non-hydrogen) atoms. The van der Waals surface area contributed by atoms with Gasteiger partial charge in [-0.05, 0) is 38.3 Å². The second kappa shape index (κ2) is 13.6. The minimum Gasteiger partial charge on any atom is -0.464 e. The number of para-hydroxylation sites is 1. The number of benzene rings is 1. The Morgan fingerprint density at radius 3 is 2.33 bits per heavy atom. The Hall–Kier alpha value is -1.77. The summed E-state index contributed by atoms with van der Waals surface area (Å²) in [5.74, 6) is -0.147. The average molecular weight is 332 g/mol. The number of hydrogen-bond acceptors (Lipinski definition) is 3. The molecule has 1 rings (SSSR count). The Kier molecular flexibility index (Phi) is 11.5. The lowest BCUT2D eigenvalue weighted by Crippen LogP contribution is -2.31. The van der Waals surface area contributed by atoms with Gasteiger partial charge in [0.2, 0.25) is 0 Å². The van der Waals surface area contributed by atoms with Crippen LogP contribution in [0.15, 0.2) is 43.0 Å². The fourth-order valence-corrected chi connectivity index (χ4v) is 2.75. The Labute approximate surface area is 147 Å². The SMILES string of the molecule is C=CCCCCCCCCCC(Nc1ccccc1)C(=O)OCC. The van der Waals surface area contributed by atoms with Crippen LogP contribution >= 0.6 is 0 Å². The molecule has 0 aliphatic rings. The number of esters is 1. The van der Waals surface area contributed by atoms with Crippen molar-refractivity contribution in [1.29, 1.82) is 0 Å². The molecule has 1 N–H and O–H groups in total. The number of nitrogens with one attached hydrogen (secondary N) is 1. The van der Waals surface area contributed by atoms with Crippen LogP contribution in [0.5, 0.6) is 0 Å². The van der Waals surface area contributed by atoms with Gasteiger partial charge in [0.25, 0.3) is 0 Å². The predicted octanol–water partition coefficient (Wildman–Crippen LogP) is 5.73. The molecule has 0 heterocycles. The van der Waals surface area contributed by atoms with Gasteiger partial charge in [-0.25, -0.2) is 4.79 Å². The van der Waals surface area contributed by atoms with Crippen molar-refractivity contribution >= 4 is 11.7 Å². The predicted molar refractivity (Wildman–Crippen MR) is 102 cm³/mol. The van der Waals surface area contributed by atoms with Crippen LogP contribution in [0.2, 0.25) is 0 Å². The summed E-state index contributed by atoms with van der Waals surface area (Å²) in [5, 5.41) is 3.30. The minimum atomic E-state index is -0.250. The van der Waals surface area contributed by atoms with Crippen LogP contribution in [-0.4, -0.2) is 18.6 Å². The van der Waals surface area contributed by atoms with Crippen LogP contribution in [0.4, 0.5) is 5.69 Å². The second-order valence-electron chi connectivity index (χ2n) is 6.16. The highest BCUT2D eigenvalue weighted by molar-refractivity contribution is 5.79. The molecular formula is C21H33NO2. The first kappa shape index (κ1) is 20.3. The average Bonchev–Trinajstić information content (AvgIpc) is 2.60. The molecule has 3 heteroatoms. The molecule has 0 bridgehead atoms. The van der Waals surface area contributed by atoms with Crippen LogP contribution in [0.3, 0.4) is 0 Å². The highest BCUT2D eigenvalue weighted by atomic mass is 16.5. The summed E-state index contributed by atoms with van der Waals surface area (Å²) < 4.78 is 5.20. The van der Waals surface area contributed by atoms with E-state index in [0.29, 0.717) is 6.61 Å². The van der Waals surface area contributed by atoms with E-state index in [1.54, 1.807) is 0 Å². The van der Waals surface area contributed by atoms with Crippen molar-refractivity contribution in [2.75, 3.05) is 11.9 Å². The van der Waals surface area contributed by atoms with E-state index in [9.17, 15) is 4.79 Å². The zero-order chi connectivity index (χ0) is 17.5. The van der Waals surface area contributed by atoms with E-state index in [4.69, 9.17) is 4.74 Å². The number of hydrogen-bond donors (Lipinski definition) is 1. The second-order valence-corrected chi connectivity index (χ2v) is 6.16. The lowest BCUT2D eigenvalue weighted by atomic mass is 10.0. The molecule has 0 aliphatic carbocycles. The molecule has 0 aromatic heterocycles. The zero-order valence-corrected chi connectivity index (χ0v) is 15.1. The molecule has 0 fully saturated rings. The summed E-state index contributed by atoms with van der Waals surface area (Å²) in [6.45, 7) is 6.03. The third-order valence-corrected chi connectivity index (χ3v) is 4.09. The third kappa shape index (κ3) is 9.39. The number of allylic oxidation sites excluding steroid dienone is 1. The Morgan fingerprint density at radius 2 is 1.71 bits per heavy atom. The maximum atomic E-state index is 12.1. The minimum absolute atomic E-state index is 0.147. The number of carbonyl (C=O) groups is 1. The Morgan fingerprint density at radius 1 is 1.08 bits per heavy atom. The van der Waals surface area contributed by atoms with Crippen molar-refractivity contribution < 1.29 is 9.53 Å². The highest BCUT2D eigenvalue weighted by Gasteiger charge is 2.18. The van der Waals surface area contributed by atoms with E-state index < -0.39 is 0 Å².